The lowest BCUT2D eigenvalue weighted by Gasteiger charge is -2.08. The van der Waals surface area contributed by atoms with Gasteiger partial charge in [-0.3, -0.25) is 19.5 Å². The maximum absolute atomic E-state index is 12.5. The quantitative estimate of drug-likeness (QED) is 0.302. The van der Waals surface area contributed by atoms with Crippen LogP contribution in [0.2, 0.25) is 0 Å². The van der Waals surface area contributed by atoms with E-state index < -0.39 is 4.92 Å². The zero-order valence-electron chi connectivity index (χ0n) is 11.6. The Morgan fingerprint density at radius 2 is 2.17 bits per heavy atom. The minimum atomic E-state index is -0.571. The van der Waals surface area contributed by atoms with Crippen molar-refractivity contribution < 1.29 is 4.92 Å². The van der Waals surface area contributed by atoms with Crippen LogP contribution in [-0.2, 0) is 6.54 Å². The average Bonchev–Trinajstić information content (AvgIpc) is 3.00. The van der Waals surface area contributed by atoms with Crippen molar-refractivity contribution in [3.05, 3.63) is 57.0 Å². The summed E-state index contributed by atoms with van der Waals surface area (Å²) in [5, 5.41) is 13.7. The summed E-state index contributed by atoms with van der Waals surface area (Å²) >= 11 is 2.44. The van der Waals surface area contributed by atoms with E-state index in [4.69, 9.17) is 0 Å². The average molecular weight is 347 g/mol. The third kappa shape index (κ3) is 2.98. The molecule has 116 valence electrons. The molecular formula is C13H9N5O3S2. The molecule has 0 aromatic carbocycles. The van der Waals surface area contributed by atoms with Gasteiger partial charge in [0.2, 0.25) is 0 Å². The van der Waals surface area contributed by atoms with Crippen molar-refractivity contribution >= 4 is 39.0 Å². The second-order valence-electron chi connectivity index (χ2n) is 4.32. The minimum Gasteiger partial charge on any atom is -0.283 e. The molecule has 0 amide bonds. The Bertz CT molecular complexity index is 948. The maximum atomic E-state index is 12.5. The van der Waals surface area contributed by atoms with Gasteiger partial charge in [-0.15, -0.1) is 17.9 Å². The number of nitrogens with zero attached hydrogens (tertiary/aromatic N) is 5. The largest absolute Gasteiger partial charge is 0.305 e. The zero-order chi connectivity index (χ0) is 16.4. The van der Waals surface area contributed by atoms with Crippen LogP contribution in [0, 0.1) is 10.1 Å². The molecule has 10 heteroatoms. The smallest absolute Gasteiger partial charge is 0.283 e. The molecule has 0 aliphatic carbocycles. The molecule has 0 aliphatic heterocycles. The van der Waals surface area contributed by atoms with E-state index in [0.717, 1.165) is 24.2 Å². The summed E-state index contributed by atoms with van der Waals surface area (Å²) in [5.74, 6) is 0. The van der Waals surface area contributed by atoms with Gasteiger partial charge in [0.05, 0.1) is 10.3 Å². The normalized spacial score (nSPS) is 10.8. The molecule has 8 nitrogen and oxygen atoms in total. The van der Waals surface area contributed by atoms with Crippen molar-refractivity contribution in [2.45, 2.75) is 16.9 Å². The van der Waals surface area contributed by atoms with Gasteiger partial charge in [0.15, 0.2) is 10.3 Å². The summed E-state index contributed by atoms with van der Waals surface area (Å²) in [5.41, 5.74) is -0.361. The lowest BCUT2D eigenvalue weighted by atomic mass is 10.4. The van der Waals surface area contributed by atoms with E-state index >= 15 is 0 Å². The van der Waals surface area contributed by atoms with Crippen LogP contribution in [-0.4, -0.2) is 24.4 Å². The fourth-order valence-corrected chi connectivity index (χ4v) is 3.43. The first-order chi connectivity index (χ1) is 11.1. The molecule has 0 unspecified atom stereocenters. The SMILES string of the molecule is C=CCn1c(Sc2ncc([N+](=O)[O-])cn2)nc2sccc2c1=O. The van der Waals surface area contributed by atoms with Crippen LogP contribution in [0.3, 0.4) is 0 Å². The van der Waals surface area contributed by atoms with E-state index in [-0.39, 0.29) is 16.4 Å². The Hall–Kier alpha value is -2.59. The van der Waals surface area contributed by atoms with Gasteiger partial charge in [-0.05, 0) is 23.2 Å². The summed E-state index contributed by atoms with van der Waals surface area (Å²) < 4.78 is 1.47. The van der Waals surface area contributed by atoms with Crippen LogP contribution in [0.1, 0.15) is 0 Å². The number of hydrogen-bond donors (Lipinski definition) is 0. The van der Waals surface area contributed by atoms with Crippen molar-refractivity contribution in [1.29, 1.82) is 0 Å². The predicted molar refractivity (Wildman–Crippen MR) is 86.9 cm³/mol. The topological polar surface area (TPSA) is 104 Å². The molecule has 3 aromatic rings. The van der Waals surface area contributed by atoms with Gasteiger partial charge in [-0.2, -0.15) is 0 Å². The number of thiophene rings is 1. The second-order valence-corrected chi connectivity index (χ2v) is 6.15. The third-order valence-electron chi connectivity index (χ3n) is 2.87. The highest BCUT2D eigenvalue weighted by Gasteiger charge is 2.14. The predicted octanol–water partition coefficient (Wildman–Crippen LogP) is 2.49. The number of hydrogen-bond acceptors (Lipinski definition) is 8. The highest BCUT2D eigenvalue weighted by atomic mass is 32.2. The Morgan fingerprint density at radius 3 is 2.83 bits per heavy atom. The van der Waals surface area contributed by atoms with E-state index in [1.807, 2.05) is 0 Å². The Labute approximate surface area is 137 Å². The Balaban J connectivity index is 2.04. The lowest BCUT2D eigenvalue weighted by Crippen LogP contribution is -2.22. The first-order valence-electron chi connectivity index (χ1n) is 6.33. The second kappa shape index (κ2) is 6.26. The van der Waals surface area contributed by atoms with E-state index in [1.54, 1.807) is 17.5 Å². The fraction of sp³-hybridized carbons (Fsp3) is 0.0769. The number of nitro groups is 1. The van der Waals surface area contributed by atoms with E-state index in [0.29, 0.717) is 21.9 Å². The third-order valence-corrected chi connectivity index (χ3v) is 4.56. The number of rotatable bonds is 5. The molecule has 3 rings (SSSR count). The van der Waals surface area contributed by atoms with Crippen LogP contribution in [0.5, 0.6) is 0 Å². The standard InChI is InChI=1S/C13H9N5O3S2/c1-2-4-17-11(19)9-3-5-22-10(9)16-13(17)23-12-14-6-8(7-15-12)18(20)21/h2-3,5-7H,1,4H2. The van der Waals surface area contributed by atoms with Gasteiger partial charge in [-0.1, -0.05) is 6.08 Å². The maximum Gasteiger partial charge on any atom is 0.305 e. The molecular weight excluding hydrogens is 338 g/mol. The first kappa shape index (κ1) is 15.3. The number of fused-ring (bicyclic) bond motifs is 1. The van der Waals surface area contributed by atoms with Crippen molar-refractivity contribution in [2.75, 3.05) is 0 Å². The van der Waals surface area contributed by atoms with Crippen LogP contribution in [0.4, 0.5) is 5.69 Å². The van der Waals surface area contributed by atoms with Gasteiger partial charge in [-0.25, -0.2) is 15.0 Å². The van der Waals surface area contributed by atoms with Crippen molar-refractivity contribution in [2.24, 2.45) is 0 Å². The summed E-state index contributed by atoms with van der Waals surface area (Å²) in [6, 6.07) is 1.73. The van der Waals surface area contributed by atoms with E-state index in [9.17, 15) is 14.9 Å². The van der Waals surface area contributed by atoms with Crippen LogP contribution < -0.4 is 5.56 Å². The molecule has 23 heavy (non-hydrogen) atoms. The van der Waals surface area contributed by atoms with Crippen LogP contribution in [0.25, 0.3) is 10.2 Å². The lowest BCUT2D eigenvalue weighted by molar-refractivity contribution is -0.385. The molecule has 3 aromatic heterocycles. The summed E-state index contributed by atoms with van der Waals surface area (Å²) in [6.45, 7) is 3.94. The van der Waals surface area contributed by atoms with Gasteiger partial charge < -0.3 is 0 Å². The summed E-state index contributed by atoms with van der Waals surface area (Å²) in [7, 11) is 0. The molecule has 0 radical (unpaired) electrons. The summed E-state index contributed by atoms with van der Waals surface area (Å²) in [4.78, 5) is 35.5. The monoisotopic (exact) mass is 347 g/mol. The number of allylic oxidation sites excluding steroid dienone is 1. The van der Waals surface area contributed by atoms with Crippen LogP contribution in [0.15, 0.2) is 51.6 Å². The summed E-state index contributed by atoms with van der Waals surface area (Å²) in [6.07, 6.45) is 3.84. The highest BCUT2D eigenvalue weighted by Crippen LogP contribution is 2.25. The van der Waals surface area contributed by atoms with Crippen molar-refractivity contribution in [3.63, 3.8) is 0 Å². The fourth-order valence-electron chi connectivity index (χ4n) is 1.84. The van der Waals surface area contributed by atoms with Gasteiger partial charge in [0.25, 0.3) is 5.56 Å². The van der Waals surface area contributed by atoms with Gasteiger partial charge >= 0.3 is 5.69 Å². The molecule has 0 N–H and O–H groups in total. The minimum absolute atomic E-state index is 0.166. The molecule has 0 fully saturated rings. The highest BCUT2D eigenvalue weighted by molar-refractivity contribution is 7.99. The molecule has 0 aliphatic rings. The van der Waals surface area contributed by atoms with Gasteiger partial charge in [0, 0.05) is 6.54 Å². The first-order valence-corrected chi connectivity index (χ1v) is 8.03. The molecule has 0 bridgehead atoms. The Morgan fingerprint density at radius 1 is 1.43 bits per heavy atom. The zero-order valence-corrected chi connectivity index (χ0v) is 13.2. The molecule has 3 heterocycles. The molecule has 0 saturated carbocycles. The molecule has 0 spiro atoms. The van der Waals surface area contributed by atoms with E-state index in [2.05, 4.69) is 21.5 Å². The van der Waals surface area contributed by atoms with Gasteiger partial charge in [0.1, 0.15) is 17.2 Å². The van der Waals surface area contributed by atoms with E-state index in [1.165, 1.54) is 15.9 Å². The van der Waals surface area contributed by atoms with Crippen LogP contribution >= 0.6 is 23.1 Å². The Kier molecular flexibility index (Phi) is 4.17. The molecule has 0 atom stereocenters. The number of aromatic nitrogens is 4. The molecule has 0 saturated heterocycles. The van der Waals surface area contributed by atoms with Crippen molar-refractivity contribution in [1.82, 2.24) is 19.5 Å². The van der Waals surface area contributed by atoms with Crippen molar-refractivity contribution in [3.8, 4) is 0 Å².